The van der Waals surface area contributed by atoms with Gasteiger partial charge in [0, 0.05) is 6.42 Å². The van der Waals surface area contributed by atoms with Gasteiger partial charge in [-0.2, -0.15) is 0 Å². The van der Waals surface area contributed by atoms with Gasteiger partial charge in [-0.25, -0.2) is 0 Å². The Labute approximate surface area is 214 Å². The van der Waals surface area contributed by atoms with Crippen molar-refractivity contribution in [3.63, 3.8) is 0 Å². The molecule has 0 fully saturated rings. The Hall–Kier alpha value is -0.150. The van der Waals surface area contributed by atoms with Gasteiger partial charge in [0.15, 0.2) is 5.78 Å². The van der Waals surface area contributed by atoms with Crippen LogP contribution in [0.25, 0.3) is 0 Å². The third-order valence-corrected chi connectivity index (χ3v) is 9.18. The summed E-state index contributed by atoms with van der Waals surface area (Å²) in [4.78, 5) is 10.3. The summed E-state index contributed by atoms with van der Waals surface area (Å²) in [5.74, 6) is -0.359. The fourth-order valence-electron chi connectivity index (χ4n) is 4.73. The average Bonchev–Trinajstić information content (AvgIpc) is 2.76. The van der Waals surface area contributed by atoms with E-state index in [1.165, 1.54) is 103 Å². The van der Waals surface area contributed by atoms with Crippen LogP contribution in [0.5, 0.6) is 0 Å². The molecule has 0 aromatic carbocycles. The molecule has 0 saturated heterocycles. The smallest absolute Gasteiger partial charge is 0.320 e. The van der Waals surface area contributed by atoms with Crippen molar-refractivity contribution < 1.29 is 18.5 Å². The Morgan fingerprint density at radius 1 is 0.676 bits per heavy atom. The standard InChI is InChI=1S/C29H60NO3P/c1-6-8-9-10-11-12-13-14-15-16-17-18-19-20-21-22-23-24-25-26-27-28-33-34(31,32)29(7-2)30(3,4)5/h23-24,29H,6-22,25-28H2,1-5H3/p+1. The fraction of sp³-hybridized carbons (Fsp3) is 0.931. The van der Waals surface area contributed by atoms with Crippen LogP contribution in [0.15, 0.2) is 12.2 Å². The molecule has 5 heteroatoms. The summed E-state index contributed by atoms with van der Waals surface area (Å²) in [6.45, 7) is 4.61. The lowest BCUT2D eigenvalue weighted by atomic mass is 10.0. The highest BCUT2D eigenvalue weighted by atomic mass is 31.2. The summed E-state index contributed by atoms with van der Waals surface area (Å²) in [6.07, 6.45) is 30.5. The lowest BCUT2D eigenvalue weighted by molar-refractivity contribution is -0.883. The Morgan fingerprint density at radius 2 is 1.06 bits per heavy atom. The first kappa shape index (κ1) is 33.8. The second-order valence-electron chi connectivity index (χ2n) is 11.1. The second-order valence-corrected chi connectivity index (χ2v) is 13.1. The quantitative estimate of drug-likeness (QED) is 0.0585. The van der Waals surface area contributed by atoms with E-state index in [1.54, 1.807) is 0 Å². The van der Waals surface area contributed by atoms with Gasteiger partial charge in [-0.3, -0.25) is 4.57 Å². The minimum absolute atomic E-state index is 0.359. The SMILES string of the molecule is CCCCCCCCCCCCCCCCCC=CCCCCOP(=O)(O)C(CC)[N+](C)(C)C. The van der Waals surface area contributed by atoms with Gasteiger partial charge in [-0.1, -0.05) is 116 Å². The van der Waals surface area contributed by atoms with Gasteiger partial charge in [0.1, 0.15) is 0 Å². The Bertz CT molecular complexity index is 516. The summed E-state index contributed by atoms with van der Waals surface area (Å²) < 4.78 is 18.4. The molecular formula is C29H61NO3P+. The van der Waals surface area contributed by atoms with Crippen molar-refractivity contribution in [2.24, 2.45) is 0 Å². The van der Waals surface area contributed by atoms with Crippen LogP contribution in [0.2, 0.25) is 0 Å². The monoisotopic (exact) mass is 502 g/mol. The van der Waals surface area contributed by atoms with Crippen LogP contribution in [-0.2, 0) is 9.09 Å². The van der Waals surface area contributed by atoms with Crippen LogP contribution in [0.3, 0.4) is 0 Å². The minimum Gasteiger partial charge on any atom is -0.320 e. The van der Waals surface area contributed by atoms with Crippen LogP contribution in [0, 0.1) is 0 Å². The van der Waals surface area contributed by atoms with E-state index in [0.717, 1.165) is 19.3 Å². The molecule has 0 heterocycles. The van der Waals surface area contributed by atoms with Gasteiger partial charge in [0.2, 0.25) is 0 Å². The molecule has 4 nitrogen and oxygen atoms in total. The maximum atomic E-state index is 12.5. The van der Waals surface area contributed by atoms with Crippen LogP contribution >= 0.6 is 7.60 Å². The van der Waals surface area contributed by atoms with E-state index in [-0.39, 0.29) is 5.78 Å². The Morgan fingerprint density at radius 3 is 1.44 bits per heavy atom. The van der Waals surface area contributed by atoms with Crippen LogP contribution in [-0.4, -0.2) is 42.9 Å². The van der Waals surface area contributed by atoms with Gasteiger partial charge >= 0.3 is 7.60 Å². The maximum Gasteiger partial charge on any atom is 0.385 e. The van der Waals surface area contributed by atoms with Gasteiger partial charge in [0.05, 0.1) is 27.7 Å². The van der Waals surface area contributed by atoms with Crippen molar-refractivity contribution in [1.29, 1.82) is 0 Å². The number of hydrogen-bond donors (Lipinski definition) is 1. The molecule has 1 N–H and O–H groups in total. The van der Waals surface area contributed by atoms with E-state index in [4.69, 9.17) is 4.52 Å². The molecule has 204 valence electrons. The first-order chi connectivity index (χ1) is 16.3. The summed E-state index contributed by atoms with van der Waals surface area (Å²) >= 11 is 0. The van der Waals surface area contributed by atoms with Crippen molar-refractivity contribution in [2.75, 3.05) is 27.7 Å². The van der Waals surface area contributed by atoms with Crippen molar-refractivity contribution in [2.45, 2.75) is 148 Å². The molecule has 34 heavy (non-hydrogen) atoms. The van der Waals surface area contributed by atoms with Gasteiger partial charge in [-0.05, 0) is 32.1 Å². The lowest BCUT2D eigenvalue weighted by Crippen LogP contribution is -2.44. The van der Waals surface area contributed by atoms with Gasteiger partial charge in [0.25, 0.3) is 0 Å². The molecule has 0 saturated carbocycles. The highest BCUT2D eigenvalue weighted by Crippen LogP contribution is 2.51. The Balaban J connectivity index is 3.43. The summed E-state index contributed by atoms with van der Waals surface area (Å²) in [5.41, 5.74) is 0. The largest absolute Gasteiger partial charge is 0.385 e. The normalized spacial score (nSPS) is 15.1. The molecule has 2 unspecified atom stereocenters. The number of rotatable bonds is 25. The zero-order chi connectivity index (χ0) is 25.5. The lowest BCUT2D eigenvalue weighted by Gasteiger charge is -2.35. The van der Waals surface area contributed by atoms with Crippen molar-refractivity contribution in [3.8, 4) is 0 Å². The number of allylic oxidation sites excluding steroid dienone is 2. The highest BCUT2D eigenvalue weighted by Gasteiger charge is 2.41. The molecular weight excluding hydrogens is 441 g/mol. The van der Waals surface area contributed by atoms with Crippen molar-refractivity contribution in [1.82, 2.24) is 0 Å². The molecule has 0 amide bonds. The number of quaternary nitrogens is 1. The molecule has 0 aliphatic rings. The Kier molecular flexibility index (Phi) is 22.0. The molecule has 0 aromatic rings. The topological polar surface area (TPSA) is 46.5 Å². The van der Waals surface area contributed by atoms with E-state index in [9.17, 15) is 9.46 Å². The predicted molar refractivity (Wildman–Crippen MR) is 150 cm³/mol. The molecule has 0 aromatic heterocycles. The van der Waals surface area contributed by atoms with E-state index in [2.05, 4.69) is 19.1 Å². The van der Waals surface area contributed by atoms with E-state index < -0.39 is 7.60 Å². The van der Waals surface area contributed by atoms with E-state index in [0.29, 0.717) is 17.5 Å². The maximum absolute atomic E-state index is 12.5. The molecule has 2 atom stereocenters. The second kappa shape index (κ2) is 22.1. The van der Waals surface area contributed by atoms with E-state index >= 15 is 0 Å². The number of nitrogens with zero attached hydrogens (tertiary/aromatic N) is 1. The average molecular weight is 503 g/mol. The molecule has 0 radical (unpaired) electrons. The van der Waals surface area contributed by atoms with Crippen LogP contribution < -0.4 is 0 Å². The number of hydrogen-bond acceptors (Lipinski definition) is 2. The summed E-state index contributed by atoms with van der Waals surface area (Å²) in [7, 11) is 2.28. The first-order valence-corrected chi connectivity index (χ1v) is 16.3. The van der Waals surface area contributed by atoms with Gasteiger partial charge in [-0.15, -0.1) is 0 Å². The summed E-state index contributed by atoms with van der Waals surface area (Å²) in [5, 5.41) is 0. The highest BCUT2D eigenvalue weighted by molar-refractivity contribution is 7.53. The minimum atomic E-state index is -3.57. The fourth-order valence-corrected chi connectivity index (χ4v) is 6.63. The zero-order valence-electron chi connectivity index (χ0n) is 23.7. The zero-order valence-corrected chi connectivity index (χ0v) is 24.6. The van der Waals surface area contributed by atoms with Crippen molar-refractivity contribution >= 4 is 7.60 Å². The van der Waals surface area contributed by atoms with Gasteiger partial charge < -0.3 is 13.9 Å². The van der Waals surface area contributed by atoms with Crippen LogP contribution in [0.4, 0.5) is 0 Å². The third kappa shape index (κ3) is 20.1. The molecule has 0 rings (SSSR count). The summed E-state index contributed by atoms with van der Waals surface area (Å²) in [6, 6.07) is 0. The predicted octanol–water partition coefficient (Wildman–Crippen LogP) is 9.62. The molecule has 0 bridgehead atoms. The van der Waals surface area contributed by atoms with E-state index in [1.807, 2.05) is 28.1 Å². The molecule has 0 spiro atoms. The number of unbranched alkanes of at least 4 members (excludes halogenated alkanes) is 17. The van der Waals surface area contributed by atoms with Crippen molar-refractivity contribution in [3.05, 3.63) is 12.2 Å². The third-order valence-electron chi connectivity index (χ3n) is 6.82. The molecule has 0 aliphatic carbocycles. The molecule has 0 aliphatic heterocycles. The van der Waals surface area contributed by atoms with Crippen LogP contribution in [0.1, 0.15) is 142 Å². The first-order valence-electron chi connectivity index (χ1n) is 14.7.